The highest BCUT2D eigenvalue weighted by molar-refractivity contribution is 6.02. The van der Waals surface area contributed by atoms with Gasteiger partial charge in [-0.1, -0.05) is 24.3 Å². The summed E-state index contributed by atoms with van der Waals surface area (Å²) in [7, 11) is 1.75. The summed E-state index contributed by atoms with van der Waals surface area (Å²) >= 11 is 0. The summed E-state index contributed by atoms with van der Waals surface area (Å²) < 4.78 is 16.5. The molecule has 1 amide bonds. The Hall–Kier alpha value is -3.59. The lowest BCUT2D eigenvalue weighted by Gasteiger charge is -2.14. The van der Waals surface area contributed by atoms with Gasteiger partial charge in [0.15, 0.2) is 0 Å². The SMILES string of the molecule is CCOc1ccc(COC(=O)/N=C(/N)c2cccc(OC3CC(C(=O)O)N(C)C3)c2)cc1. The zero-order chi connectivity index (χ0) is 23.1. The number of hydrogen-bond donors (Lipinski definition) is 2. The average Bonchev–Trinajstić information content (AvgIpc) is 3.14. The second kappa shape index (κ2) is 10.6. The van der Waals surface area contributed by atoms with E-state index in [4.69, 9.17) is 19.9 Å². The van der Waals surface area contributed by atoms with E-state index >= 15 is 0 Å². The van der Waals surface area contributed by atoms with E-state index in [1.54, 1.807) is 48.3 Å². The third kappa shape index (κ3) is 6.21. The van der Waals surface area contributed by atoms with Gasteiger partial charge in [0.25, 0.3) is 0 Å². The molecule has 2 atom stereocenters. The molecule has 3 N–H and O–H groups in total. The Kier molecular flexibility index (Phi) is 7.67. The molecule has 9 heteroatoms. The third-order valence-corrected chi connectivity index (χ3v) is 5.04. The Balaban J connectivity index is 1.56. The lowest BCUT2D eigenvalue weighted by atomic mass is 10.2. The molecular formula is C23H27N3O6. The zero-order valence-corrected chi connectivity index (χ0v) is 18.1. The molecule has 0 saturated carbocycles. The van der Waals surface area contributed by atoms with Crippen molar-refractivity contribution in [3.8, 4) is 11.5 Å². The van der Waals surface area contributed by atoms with Crippen molar-refractivity contribution in [3.63, 3.8) is 0 Å². The minimum Gasteiger partial charge on any atom is -0.494 e. The average molecular weight is 441 g/mol. The zero-order valence-electron chi connectivity index (χ0n) is 18.1. The van der Waals surface area contributed by atoms with Crippen LogP contribution in [0.3, 0.4) is 0 Å². The van der Waals surface area contributed by atoms with Crippen LogP contribution in [0.1, 0.15) is 24.5 Å². The fourth-order valence-electron chi connectivity index (χ4n) is 3.44. The van der Waals surface area contributed by atoms with Gasteiger partial charge >= 0.3 is 12.1 Å². The first-order valence-electron chi connectivity index (χ1n) is 10.3. The summed E-state index contributed by atoms with van der Waals surface area (Å²) in [5.74, 6) is 0.397. The second-order valence-electron chi connectivity index (χ2n) is 7.43. The van der Waals surface area contributed by atoms with E-state index < -0.39 is 18.1 Å². The summed E-state index contributed by atoms with van der Waals surface area (Å²) in [5, 5.41) is 9.24. The quantitative estimate of drug-likeness (QED) is 0.473. The van der Waals surface area contributed by atoms with Gasteiger partial charge in [0, 0.05) is 18.5 Å². The molecule has 2 unspecified atom stereocenters. The summed E-state index contributed by atoms with van der Waals surface area (Å²) in [4.78, 5) is 28.9. The molecule has 1 aliphatic heterocycles. The largest absolute Gasteiger partial charge is 0.494 e. The highest BCUT2D eigenvalue weighted by Crippen LogP contribution is 2.23. The standard InChI is InChI=1S/C23H27N3O6/c1-3-30-17-9-7-15(8-10-17)14-31-23(29)25-21(24)16-5-4-6-18(11-16)32-19-12-20(22(27)28)26(2)13-19/h4-11,19-20H,3,12-14H2,1-2H3,(H,27,28)(H2,24,25,29). The van der Waals surface area contributed by atoms with E-state index in [2.05, 4.69) is 4.99 Å². The molecule has 0 aromatic heterocycles. The van der Waals surface area contributed by atoms with E-state index in [0.717, 1.165) is 11.3 Å². The second-order valence-corrected chi connectivity index (χ2v) is 7.43. The first-order valence-corrected chi connectivity index (χ1v) is 10.3. The number of aliphatic imine (C=N–C) groups is 1. The number of benzene rings is 2. The van der Waals surface area contributed by atoms with Crippen LogP contribution in [0.25, 0.3) is 0 Å². The number of aliphatic carboxylic acids is 1. The van der Waals surface area contributed by atoms with E-state index in [0.29, 0.717) is 30.9 Å². The van der Waals surface area contributed by atoms with Crippen molar-refractivity contribution in [1.82, 2.24) is 4.90 Å². The van der Waals surface area contributed by atoms with Gasteiger partial charge in [-0.2, -0.15) is 4.99 Å². The third-order valence-electron chi connectivity index (χ3n) is 5.04. The molecule has 1 aliphatic rings. The van der Waals surface area contributed by atoms with E-state index in [-0.39, 0.29) is 18.5 Å². The Labute approximate surface area is 186 Å². The van der Waals surface area contributed by atoms with Crippen molar-refractivity contribution in [1.29, 1.82) is 0 Å². The van der Waals surface area contributed by atoms with E-state index in [1.807, 2.05) is 19.1 Å². The predicted octanol–water partition coefficient (Wildman–Crippen LogP) is 2.66. The van der Waals surface area contributed by atoms with Crippen molar-refractivity contribution >= 4 is 17.9 Å². The molecule has 0 spiro atoms. The maximum absolute atomic E-state index is 12.1. The maximum atomic E-state index is 12.1. The monoisotopic (exact) mass is 441 g/mol. The van der Waals surface area contributed by atoms with Gasteiger partial charge < -0.3 is 25.1 Å². The molecule has 9 nitrogen and oxygen atoms in total. The highest BCUT2D eigenvalue weighted by Gasteiger charge is 2.35. The molecule has 0 radical (unpaired) electrons. The van der Waals surface area contributed by atoms with Gasteiger partial charge in [0.1, 0.15) is 36.1 Å². The fourth-order valence-corrected chi connectivity index (χ4v) is 3.44. The molecule has 1 saturated heterocycles. The topological polar surface area (TPSA) is 124 Å². The van der Waals surface area contributed by atoms with Crippen LogP contribution in [0.15, 0.2) is 53.5 Å². The number of carboxylic acid groups (broad SMARTS) is 1. The van der Waals surface area contributed by atoms with Crippen LogP contribution in [-0.2, 0) is 16.1 Å². The number of likely N-dealkylation sites (N-methyl/N-ethyl adjacent to an activating group) is 1. The van der Waals surface area contributed by atoms with Crippen molar-refractivity contribution in [2.24, 2.45) is 10.7 Å². The number of nitrogens with two attached hydrogens (primary N) is 1. The smallest absolute Gasteiger partial charge is 0.435 e. The number of nitrogens with zero attached hydrogens (tertiary/aromatic N) is 2. The molecule has 0 aliphatic carbocycles. The molecular weight excluding hydrogens is 414 g/mol. The van der Waals surface area contributed by atoms with E-state index in [9.17, 15) is 14.7 Å². The molecule has 1 fully saturated rings. The molecule has 32 heavy (non-hydrogen) atoms. The lowest BCUT2D eigenvalue weighted by Crippen LogP contribution is -2.32. The van der Waals surface area contributed by atoms with Gasteiger partial charge in [-0.3, -0.25) is 9.69 Å². The molecule has 1 heterocycles. The Morgan fingerprint density at radius 1 is 1.19 bits per heavy atom. The van der Waals surface area contributed by atoms with Crippen LogP contribution in [0, 0.1) is 0 Å². The number of ether oxygens (including phenoxy) is 3. The summed E-state index contributed by atoms with van der Waals surface area (Å²) in [6.07, 6.45) is -0.671. The van der Waals surface area contributed by atoms with Crippen LogP contribution in [-0.4, -0.2) is 60.2 Å². The van der Waals surface area contributed by atoms with Crippen LogP contribution in [0.4, 0.5) is 4.79 Å². The molecule has 170 valence electrons. The van der Waals surface area contributed by atoms with Crippen molar-refractivity contribution in [2.45, 2.75) is 32.1 Å². The molecule has 2 aromatic carbocycles. The summed E-state index contributed by atoms with van der Waals surface area (Å²) in [5.41, 5.74) is 7.27. The number of amides is 1. The molecule has 0 bridgehead atoms. The first kappa shape index (κ1) is 23.1. The van der Waals surface area contributed by atoms with Crippen LogP contribution in [0.2, 0.25) is 0 Å². The minimum absolute atomic E-state index is 0.000837. The summed E-state index contributed by atoms with van der Waals surface area (Å²) in [6, 6.07) is 13.5. The van der Waals surface area contributed by atoms with E-state index in [1.165, 1.54) is 0 Å². The number of amidine groups is 1. The molecule has 2 aromatic rings. The lowest BCUT2D eigenvalue weighted by molar-refractivity contribution is -0.141. The predicted molar refractivity (Wildman–Crippen MR) is 118 cm³/mol. The number of hydrogen-bond acceptors (Lipinski definition) is 6. The maximum Gasteiger partial charge on any atom is 0.435 e. The van der Waals surface area contributed by atoms with Crippen molar-refractivity contribution in [3.05, 3.63) is 59.7 Å². The van der Waals surface area contributed by atoms with Crippen LogP contribution >= 0.6 is 0 Å². The van der Waals surface area contributed by atoms with Gasteiger partial charge in [0.05, 0.1) is 6.61 Å². The van der Waals surface area contributed by atoms with Gasteiger partial charge in [-0.15, -0.1) is 0 Å². The van der Waals surface area contributed by atoms with Gasteiger partial charge in [0.2, 0.25) is 0 Å². The Morgan fingerprint density at radius 3 is 2.59 bits per heavy atom. The Bertz CT molecular complexity index is 976. The normalized spacial score (nSPS) is 18.9. The van der Waals surface area contributed by atoms with Crippen molar-refractivity contribution < 1.29 is 28.9 Å². The fraction of sp³-hybridized carbons (Fsp3) is 0.348. The van der Waals surface area contributed by atoms with Gasteiger partial charge in [-0.25, -0.2) is 4.79 Å². The number of carbonyl (C=O) groups excluding carboxylic acids is 1. The number of likely N-dealkylation sites (tertiary alicyclic amines) is 1. The number of carbonyl (C=O) groups is 2. The van der Waals surface area contributed by atoms with Crippen LogP contribution < -0.4 is 15.2 Å². The van der Waals surface area contributed by atoms with Gasteiger partial charge in [-0.05, 0) is 43.8 Å². The first-order chi connectivity index (χ1) is 15.4. The Morgan fingerprint density at radius 2 is 1.94 bits per heavy atom. The minimum atomic E-state index is -0.868. The summed E-state index contributed by atoms with van der Waals surface area (Å²) in [6.45, 7) is 3.05. The molecule has 3 rings (SSSR count). The van der Waals surface area contributed by atoms with Crippen molar-refractivity contribution in [2.75, 3.05) is 20.2 Å². The number of rotatable bonds is 8. The van der Waals surface area contributed by atoms with Crippen LogP contribution in [0.5, 0.6) is 11.5 Å². The number of carboxylic acids is 1. The highest BCUT2D eigenvalue weighted by atomic mass is 16.5.